The van der Waals surface area contributed by atoms with Crippen LogP contribution in [0.4, 0.5) is 0 Å². The van der Waals surface area contributed by atoms with Crippen molar-refractivity contribution in [2.75, 3.05) is 13.6 Å². The highest BCUT2D eigenvalue weighted by molar-refractivity contribution is 7.89. The van der Waals surface area contributed by atoms with E-state index in [4.69, 9.17) is 0 Å². The van der Waals surface area contributed by atoms with Crippen LogP contribution in [0.15, 0.2) is 63.0 Å². The first-order valence-corrected chi connectivity index (χ1v) is 13.1. The molecule has 0 amide bonds. The molecule has 0 spiro atoms. The number of carbonyl (C=O) groups is 1. The summed E-state index contributed by atoms with van der Waals surface area (Å²) in [7, 11) is -2.18. The van der Waals surface area contributed by atoms with Crippen LogP contribution in [0.25, 0.3) is 11.1 Å². The van der Waals surface area contributed by atoms with E-state index in [0.29, 0.717) is 36.9 Å². The fourth-order valence-electron chi connectivity index (χ4n) is 4.50. The lowest BCUT2D eigenvalue weighted by molar-refractivity contribution is 0.101. The topological polar surface area (TPSA) is 109 Å². The zero-order valence-electron chi connectivity index (χ0n) is 19.9. The molecule has 0 unspecified atom stereocenters. The minimum Gasteiger partial charge on any atom is -0.297 e. The highest BCUT2D eigenvalue weighted by Crippen LogP contribution is 2.23. The highest BCUT2D eigenvalue weighted by atomic mass is 32.2. The molecule has 1 aromatic heterocycles. The summed E-state index contributed by atoms with van der Waals surface area (Å²) in [5, 5.41) is 0. The number of sulfonamides is 1. The Hall–Kier alpha value is -3.30. The van der Waals surface area contributed by atoms with Crippen molar-refractivity contribution < 1.29 is 13.2 Å². The molecule has 184 valence electrons. The van der Waals surface area contributed by atoms with Crippen molar-refractivity contribution in [2.24, 2.45) is 0 Å². The maximum atomic E-state index is 13.1. The molecule has 1 aliphatic carbocycles. The smallest absolute Gasteiger partial charge is 0.297 e. The molecule has 1 N–H and O–H groups in total. The predicted molar refractivity (Wildman–Crippen MR) is 134 cm³/mol. The van der Waals surface area contributed by atoms with Crippen LogP contribution in [0.2, 0.25) is 0 Å². The summed E-state index contributed by atoms with van der Waals surface area (Å²) >= 11 is 0. The number of benzene rings is 2. The van der Waals surface area contributed by atoms with Gasteiger partial charge in [-0.25, -0.2) is 17.5 Å². The summed E-state index contributed by atoms with van der Waals surface area (Å²) in [6.07, 6.45) is 3.65. The molecule has 0 fully saturated rings. The lowest BCUT2D eigenvalue weighted by Crippen LogP contribution is -2.37. The Labute approximate surface area is 204 Å². The van der Waals surface area contributed by atoms with Crippen LogP contribution in [-0.4, -0.2) is 41.6 Å². The Bertz CT molecular complexity index is 1450. The van der Waals surface area contributed by atoms with Crippen molar-refractivity contribution in [3.05, 3.63) is 86.2 Å². The van der Waals surface area contributed by atoms with Gasteiger partial charge in [0.05, 0.1) is 4.90 Å². The summed E-state index contributed by atoms with van der Waals surface area (Å²) in [4.78, 5) is 38.5. The third-order valence-corrected chi connectivity index (χ3v) is 8.42. The van der Waals surface area contributed by atoms with E-state index in [0.717, 1.165) is 29.7 Å². The van der Waals surface area contributed by atoms with Crippen LogP contribution in [0.5, 0.6) is 0 Å². The van der Waals surface area contributed by atoms with Crippen LogP contribution in [-0.2, 0) is 29.4 Å². The van der Waals surface area contributed by atoms with E-state index in [1.807, 2.05) is 12.1 Å². The molecule has 2 aromatic carbocycles. The number of hydrogen-bond donors (Lipinski definition) is 1. The minimum atomic E-state index is -3.70. The standard InChI is InChI=1S/C26H29N3O5S/c1-18(30)19-8-10-20(11-9-19)21-12-14-22(15-13-21)35(33,34)28(2)16-5-17-29-24-7-4-3-6-23(24)25(31)27-26(29)32/h8-15H,3-7,16-17H2,1-2H3,(H,27,31,32). The molecular formula is C26H29N3O5S. The van der Waals surface area contributed by atoms with Gasteiger partial charge in [0.1, 0.15) is 0 Å². The monoisotopic (exact) mass is 495 g/mol. The van der Waals surface area contributed by atoms with E-state index in [1.165, 1.54) is 18.3 Å². The molecule has 0 radical (unpaired) electrons. The van der Waals surface area contributed by atoms with Gasteiger partial charge >= 0.3 is 5.69 Å². The number of rotatable bonds is 8. The molecule has 0 aliphatic heterocycles. The van der Waals surface area contributed by atoms with Crippen molar-refractivity contribution in [1.82, 2.24) is 13.9 Å². The normalized spacial score (nSPS) is 13.6. The van der Waals surface area contributed by atoms with E-state index >= 15 is 0 Å². The summed E-state index contributed by atoms with van der Waals surface area (Å²) in [5.74, 6) is -0.00802. The van der Waals surface area contributed by atoms with Gasteiger partial charge in [0.25, 0.3) is 5.56 Å². The quantitative estimate of drug-likeness (QED) is 0.483. The number of ketones is 1. The summed E-state index contributed by atoms with van der Waals surface area (Å²) < 4.78 is 29.0. The number of H-pyrrole nitrogens is 1. The van der Waals surface area contributed by atoms with Gasteiger partial charge in [0, 0.05) is 37.0 Å². The Morgan fingerprint density at radius 2 is 1.57 bits per heavy atom. The molecule has 8 nitrogen and oxygen atoms in total. The minimum absolute atomic E-state index is 0.00802. The lowest BCUT2D eigenvalue weighted by Gasteiger charge is -2.21. The van der Waals surface area contributed by atoms with Gasteiger partial charge < -0.3 is 0 Å². The fraction of sp³-hybridized carbons (Fsp3) is 0.346. The summed E-state index contributed by atoms with van der Waals surface area (Å²) in [6.45, 7) is 2.09. The summed E-state index contributed by atoms with van der Waals surface area (Å²) in [6, 6.07) is 13.8. The van der Waals surface area contributed by atoms with Crippen molar-refractivity contribution in [3.8, 4) is 11.1 Å². The van der Waals surface area contributed by atoms with Gasteiger partial charge in [0.15, 0.2) is 5.78 Å². The van der Waals surface area contributed by atoms with Gasteiger partial charge in [0.2, 0.25) is 10.0 Å². The molecule has 4 rings (SSSR count). The van der Waals surface area contributed by atoms with Gasteiger partial charge in [-0.1, -0.05) is 36.4 Å². The van der Waals surface area contributed by atoms with Gasteiger partial charge in [-0.15, -0.1) is 0 Å². The third kappa shape index (κ3) is 5.21. The van der Waals surface area contributed by atoms with Crippen molar-refractivity contribution >= 4 is 15.8 Å². The van der Waals surface area contributed by atoms with Gasteiger partial charge in [-0.3, -0.25) is 19.1 Å². The number of aromatic amines is 1. The number of aromatic nitrogens is 2. The van der Waals surface area contributed by atoms with Gasteiger partial charge in [-0.05, 0) is 62.3 Å². The molecule has 0 bridgehead atoms. The first-order valence-electron chi connectivity index (χ1n) is 11.7. The highest BCUT2D eigenvalue weighted by Gasteiger charge is 2.22. The zero-order chi connectivity index (χ0) is 25.2. The summed E-state index contributed by atoms with van der Waals surface area (Å²) in [5.41, 5.74) is 3.08. The van der Waals surface area contributed by atoms with Crippen LogP contribution in [0, 0.1) is 0 Å². The first kappa shape index (κ1) is 24.8. The number of hydrogen-bond acceptors (Lipinski definition) is 5. The van der Waals surface area contributed by atoms with Gasteiger partial charge in [-0.2, -0.15) is 0 Å². The van der Waals surface area contributed by atoms with Crippen LogP contribution < -0.4 is 11.2 Å². The number of fused-ring (bicyclic) bond motifs is 1. The Morgan fingerprint density at radius 1 is 0.971 bits per heavy atom. The number of Topliss-reactive ketones (excluding diaryl/α,β-unsaturated/α-hetero) is 1. The van der Waals surface area contributed by atoms with E-state index in [-0.39, 0.29) is 22.8 Å². The second kappa shape index (κ2) is 10.1. The molecule has 3 aromatic rings. The first-order chi connectivity index (χ1) is 16.7. The van der Waals surface area contributed by atoms with E-state index in [2.05, 4.69) is 4.98 Å². The Kier molecular flexibility index (Phi) is 7.18. The van der Waals surface area contributed by atoms with Crippen LogP contribution in [0.3, 0.4) is 0 Å². The fourth-order valence-corrected chi connectivity index (χ4v) is 5.71. The van der Waals surface area contributed by atoms with Crippen LogP contribution >= 0.6 is 0 Å². The average molecular weight is 496 g/mol. The molecule has 1 aliphatic rings. The SMILES string of the molecule is CC(=O)c1ccc(-c2ccc(S(=O)(=O)N(C)CCCn3c4c(c(=O)[nH]c3=O)CCCC4)cc2)cc1. The van der Waals surface area contributed by atoms with Crippen LogP contribution in [0.1, 0.15) is 47.8 Å². The largest absolute Gasteiger partial charge is 0.328 e. The van der Waals surface area contributed by atoms with Crippen molar-refractivity contribution in [1.29, 1.82) is 0 Å². The molecule has 0 saturated heterocycles. The van der Waals surface area contributed by atoms with E-state index in [9.17, 15) is 22.8 Å². The molecule has 1 heterocycles. The lowest BCUT2D eigenvalue weighted by atomic mass is 9.97. The molecule has 0 atom stereocenters. The van der Waals surface area contributed by atoms with E-state index in [1.54, 1.807) is 41.0 Å². The second-order valence-corrected chi connectivity index (χ2v) is 10.9. The van der Waals surface area contributed by atoms with E-state index < -0.39 is 15.7 Å². The Balaban J connectivity index is 1.44. The predicted octanol–water partition coefficient (Wildman–Crippen LogP) is 3.00. The number of nitrogens with zero attached hydrogens (tertiary/aromatic N) is 2. The molecule has 9 heteroatoms. The van der Waals surface area contributed by atoms with Crippen molar-refractivity contribution in [3.63, 3.8) is 0 Å². The Morgan fingerprint density at radius 3 is 2.20 bits per heavy atom. The maximum Gasteiger partial charge on any atom is 0.328 e. The molecule has 35 heavy (non-hydrogen) atoms. The second-order valence-electron chi connectivity index (χ2n) is 8.88. The third-order valence-electron chi connectivity index (χ3n) is 6.55. The molecular weight excluding hydrogens is 466 g/mol. The number of nitrogens with one attached hydrogen (secondary N) is 1. The number of carbonyl (C=O) groups excluding carboxylic acids is 1. The van der Waals surface area contributed by atoms with Crippen molar-refractivity contribution in [2.45, 2.75) is 50.5 Å². The molecule has 0 saturated carbocycles. The zero-order valence-corrected chi connectivity index (χ0v) is 20.7. The maximum absolute atomic E-state index is 13.1. The average Bonchev–Trinajstić information content (AvgIpc) is 2.86.